The van der Waals surface area contributed by atoms with Gasteiger partial charge in [-0.3, -0.25) is 14.7 Å². The molecule has 6 nitrogen and oxygen atoms in total. The van der Waals surface area contributed by atoms with E-state index in [-0.39, 0.29) is 24.1 Å². The van der Waals surface area contributed by atoms with Gasteiger partial charge in [-0.25, -0.2) is 4.39 Å². The van der Waals surface area contributed by atoms with E-state index in [0.29, 0.717) is 11.3 Å². The van der Waals surface area contributed by atoms with Crippen LogP contribution in [0.4, 0.5) is 10.1 Å². The number of benzene rings is 2. The van der Waals surface area contributed by atoms with E-state index >= 15 is 0 Å². The van der Waals surface area contributed by atoms with Crippen molar-refractivity contribution in [1.82, 2.24) is 15.1 Å². The first kappa shape index (κ1) is 20.5. The van der Waals surface area contributed by atoms with E-state index in [9.17, 15) is 14.0 Å². The molecule has 1 atom stereocenters. The van der Waals surface area contributed by atoms with Gasteiger partial charge in [-0.1, -0.05) is 24.3 Å². The van der Waals surface area contributed by atoms with Crippen LogP contribution in [0, 0.1) is 19.7 Å². The maximum Gasteiger partial charge on any atom is 0.253 e. The number of anilines is 1. The summed E-state index contributed by atoms with van der Waals surface area (Å²) in [5.41, 5.74) is 5.37. The van der Waals surface area contributed by atoms with Crippen LogP contribution < -0.4 is 5.32 Å². The Morgan fingerprint density at radius 3 is 2.58 bits per heavy atom. The molecule has 1 aliphatic heterocycles. The summed E-state index contributed by atoms with van der Waals surface area (Å²) in [5, 5.41) is 10.2. The molecule has 0 aliphatic carbocycles. The number of halogens is 1. The second kappa shape index (κ2) is 8.18. The van der Waals surface area contributed by atoms with Gasteiger partial charge in [-0.05, 0) is 49.2 Å². The predicted octanol–water partition coefficient (Wildman–Crippen LogP) is 4.30. The summed E-state index contributed by atoms with van der Waals surface area (Å²) in [5.74, 6) is -1.20. The van der Waals surface area contributed by atoms with E-state index in [4.69, 9.17) is 0 Å². The van der Waals surface area contributed by atoms with E-state index in [1.807, 2.05) is 38.1 Å². The third kappa shape index (κ3) is 4.26. The van der Waals surface area contributed by atoms with Crippen LogP contribution in [0.15, 0.2) is 60.3 Å². The van der Waals surface area contributed by atoms with Crippen molar-refractivity contribution in [3.63, 3.8) is 0 Å². The second-order valence-electron chi connectivity index (χ2n) is 7.82. The zero-order valence-electron chi connectivity index (χ0n) is 17.6. The maximum absolute atomic E-state index is 13.4. The van der Waals surface area contributed by atoms with Crippen LogP contribution in [0.1, 0.15) is 29.2 Å². The van der Waals surface area contributed by atoms with Crippen molar-refractivity contribution in [2.45, 2.75) is 26.2 Å². The van der Waals surface area contributed by atoms with Gasteiger partial charge >= 0.3 is 0 Å². The first-order chi connectivity index (χ1) is 14.8. The molecule has 0 bridgehead atoms. The molecule has 0 saturated heterocycles. The molecule has 7 heteroatoms. The minimum absolute atomic E-state index is 0.0991. The number of nitrogens with zero attached hydrogens (tertiary/aromatic N) is 2. The Morgan fingerprint density at radius 1 is 1.16 bits per heavy atom. The molecule has 4 rings (SSSR count). The fraction of sp³-hybridized carbons (Fsp3) is 0.208. The molecule has 31 heavy (non-hydrogen) atoms. The van der Waals surface area contributed by atoms with Crippen molar-refractivity contribution in [2.24, 2.45) is 0 Å². The summed E-state index contributed by atoms with van der Waals surface area (Å²) in [7, 11) is 1.63. The highest BCUT2D eigenvalue weighted by Crippen LogP contribution is 2.34. The van der Waals surface area contributed by atoms with Gasteiger partial charge in [0.1, 0.15) is 5.82 Å². The second-order valence-corrected chi connectivity index (χ2v) is 7.82. The molecule has 2 heterocycles. The standard InChI is InChI=1S/C24H23FN4O2/c1-14-4-5-17(22-10-15(2)27-28-22)11-21(14)26-24(31)20-13-29(3)23(30)12-19(20)16-6-8-18(25)9-7-16/h4-11,13,19H,12H2,1-3H3,(H,26,31)(H,27,28). The minimum Gasteiger partial charge on any atom is -0.322 e. The smallest absolute Gasteiger partial charge is 0.253 e. The van der Waals surface area contributed by atoms with Gasteiger partial charge in [0.25, 0.3) is 5.91 Å². The summed E-state index contributed by atoms with van der Waals surface area (Å²) >= 11 is 0. The molecule has 1 unspecified atom stereocenters. The maximum atomic E-state index is 13.4. The number of aromatic amines is 1. The number of nitrogens with one attached hydrogen (secondary N) is 2. The summed E-state index contributed by atoms with van der Waals surface area (Å²) in [4.78, 5) is 27.0. The van der Waals surface area contributed by atoms with Crippen molar-refractivity contribution in [2.75, 3.05) is 12.4 Å². The summed E-state index contributed by atoms with van der Waals surface area (Å²) in [6.07, 6.45) is 1.71. The number of aromatic nitrogens is 2. The Hall–Kier alpha value is -3.74. The average Bonchev–Trinajstić information content (AvgIpc) is 3.18. The lowest BCUT2D eigenvalue weighted by Crippen LogP contribution is -2.33. The Balaban J connectivity index is 1.65. The predicted molar refractivity (Wildman–Crippen MR) is 117 cm³/mol. The molecule has 2 aromatic carbocycles. The number of amides is 2. The first-order valence-corrected chi connectivity index (χ1v) is 9.99. The number of carbonyl (C=O) groups is 2. The lowest BCUT2D eigenvalue weighted by atomic mass is 9.85. The third-order valence-corrected chi connectivity index (χ3v) is 5.50. The molecule has 0 radical (unpaired) electrons. The quantitative estimate of drug-likeness (QED) is 0.663. The van der Waals surface area contributed by atoms with Crippen LogP contribution in [0.25, 0.3) is 11.3 Å². The summed E-state index contributed by atoms with van der Waals surface area (Å²) in [6.45, 7) is 3.84. The topological polar surface area (TPSA) is 78.1 Å². The number of rotatable bonds is 4. The van der Waals surface area contributed by atoms with Crippen LogP contribution in [0.3, 0.4) is 0 Å². The third-order valence-electron chi connectivity index (χ3n) is 5.50. The number of aryl methyl sites for hydroxylation is 2. The number of hydrogen-bond donors (Lipinski definition) is 2. The Kier molecular flexibility index (Phi) is 5.42. The van der Waals surface area contributed by atoms with Crippen molar-refractivity contribution >= 4 is 17.5 Å². The Bertz CT molecular complexity index is 1180. The van der Waals surface area contributed by atoms with Crippen LogP contribution >= 0.6 is 0 Å². The molecular formula is C24H23FN4O2. The minimum atomic E-state index is -0.443. The van der Waals surface area contributed by atoms with Gasteiger partial charge in [-0.15, -0.1) is 0 Å². The van der Waals surface area contributed by atoms with Gasteiger partial charge in [0.05, 0.1) is 5.69 Å². The van der Waals surface area contributed by atoms with Gasteiger partial charge in [0, 0.05) is 48.1 Å². The SMILES string of the molecule is Cc1cc(-c2ccc(C)c(NC(=O)C3=CN(C)C(=O)CC3c3ccc(F)cc3)c2)n[nH]1. The summed E-state index contributed by atoms with van der Waals surface area (Å²) in [6, 6.07) is 13.6. The van der Waals surface area contributed by atoms with E-state index in [0.717, 1.165) is 28.1 Å². The highest BCUT2D eigenvalue weighted by Gasteiger charge is 2.31. The van der Waals surface area contributed by atoms with Crippen molar-refractivity contribution in [3.8, 4) is 11.3 Å². The molecular weight excluding hydrogens is 395 g/mol. The molecule has 0 spiro atoms. The molecule has 2 amide bonds. The van der Waals surface area contributed by atoms with E-state index in [1.54, 1.807) is 25.4 Å². The van der Waals surface area contributed by atoms with Gasteiger partial charge in [-0.2, -0.15) is 5.10 Å². The van der Waals surface area contributed by atoms with Crippen LogP contribution in [0.5, 0.6) is 0 Å². The summed E-state index contributed by atoms with van der Waals surface area (Å²) < 4.78 is 13.4. The molecule has 2 N–H and O–H groups in total. The number of H-pyrrole nitrogens is 1. The normalized spacial score (nSPS) is 16.3. The van der Waals surface area contributed by atoms with Crippen molar-refractivity contribution in [1.29, 1.82) is 0 Å². The fourth-order valence-corrected chi connectivity index (χ4v) is 3.68. The van der Waals surface area contributed by atoms with Crippen LogP contribution in [0.2, 0.25) is 0 Å². The lowest BCUT2D eigenvalue weighted by molar-refractivity contribution is -0.128. The van der Waals surface area contributed by atoms with Gasteiger partial charge < -0.3 is 10.2 Å². The van der Waals surface area contributed by atoms with Crippen molar-refractivity contribution < 1.29 is 14.0 Å². The number of carbonyl (C=O) groups excluding carboxylic acids is 2. The molecule has 0 saturated carbocycles. The van der Waals surface area contributed by atoms with E-state index in [2.05, 4.69) is 15.5 Å². The first-order valence-electron chi connectivity index (χ1n) is 9.99. The van der Waals surface area contributed by atoms with Crippen molar-refractivity contribution in [3.05, 3.63) is 82.9 Å². The zero-order chi connectivity index (χ0) is 22.1. The fourth-order valence-electron chi connectivity index (χ4n) is 3.68. The van der Waals surface area contributed by atoms with Crippen LogP contribution in [-0.2, 0) is 9.59 Å². The average molecular weight is 418 g/mol. The van der Waals surface area contributed by atoms with Crippen LogP contribution in [-0.4, -0.2) is 34.0 Å². The highest BCUT2D eigenvalue weighted by molar-refractivity contribution is 6.07. The number of hydrogen-bond acceptors (Lipinski definition) is 3. The molecule has 0 fully saturated rings. The van der Waals surface area contributed by atoms with E-state index in [1.165, 1.54) is 17.0 Å². The Labute approximate surface area is 179 Å². The zero-order valence-corrected chi connectivity index (χ0v) is 17.6. The highest BCUT2D eigenvalue weighted by atomic mass is 19.1. The van der Waals surface area contributed by atoms with Gasteiger partial charge in [0.2, 0.25) is 5.91 Å². The lowest BCUT2D eigenvalue weighted by Gasteiger charge is -2.28. The molecule has 1 aromatic heterocycles. The Morgan fingerprint density at radius 2 is 1.90 bits per heavy atom. The van der Waals surface area contributed by atoms with E-state index < -0.39 is 5.92 Å². The molecule has 3 aromatic rings. The molecule has 158 valence electrons. The largest absolute Gasteiger partial charge is 0.322 e. The molecule has 1 aliphatic rings. The monoisotopic (exact) mass is 418 g/mol. The van der Waals surface area contributed by atoms with Gasteiger partial charge in [0.15, 0.2) is 0 Å².